The molecule has 0 heterocycles. The van der Waals surface area contributed by atoms with Gasteiger partial charge in [0.05, 0.1) is 10.8 Å². The molecule has 0 saturated carbocycles. The molecule has 1 aromatic carbocycles. The summed E-state index contributed by atoms with van der Waals surface area (Å²) >= 11 is 0. The summed E-state index contributed by atoms with van der Waals surface area (Å²) in [5.74, 6) is 0. The minimum absolute atomic E-state index is 0.102. The van der Waals surface area contributed by atoms with Crippen LogP contribution in [0.2, 0.25) is 0 Å². The minimum Gasteiger partial charge on any atom is -0.328 e. The highest BCUT2D eigenvalue weighted by molar-refractivity contribution is 7.85. The number of nitrogens with two attached hydrogens (primary N) is 1. The molecule has 0 bridgehead atoms. The van der Waals surface area contributed by atoms with E-state index in [4.69, 9.17) is 5.73 Å². The predicted molar refractivity (Wildman–Crippen MR) is 70.1 cm³/mol. The lowest BCUT2D eigenvalue weighted by Gasteiger charge is -2.14. The van der Waals surface area contributed by atoms with Crippen molar-refractivity contribution < 1.29 is 4.21 Å². The lowest BCUT2D eigenvalue weighted by Crippen LogP contribution is -2.24. The molecule has 2 nitrogen and oxygen atoms in total. The number of hydrogen-bond acceptors (Lipinski definition) is 2. The quantitative estimate of drug-likeness (QED) is 0.877. The van der Waals surface area contributed by atoms with Crippen molar-refractivity contribution in [3.63, 3.8) is 0 Å². The molecule has 0 aromatic heterocycles. The molecule has 0 aliphatic rings. The van der Waals surface area contributed by atoms with E-state index < -0.39 is 10.8 Å². The molecule has 3 atom stereocenters. The lowest BCUT2D eigenvalue weighted by atomic mass is 10.1. The molecule has 0 aliphatic heterocycles. The third-order valence-electron chi connectivity index (χ3n) is 2.78. The van der Waals surface area contributed by atoms with E-state index in [1.165, 1.54) is 11.1 Å². The number of aryl methyl sites for hydroxylation is 2. The third kappa shape index (κ3) is 3.42. The third-order valence-corrected chi connectivity index (χ3v) is 4.42. The van der Waals surface area contributed by atoms with Crippen molar-refractivity contribution >= 4 is 10.8 Å². The first kappa shape index (κ1) is 13.4. The molecular formula is C13H21NOS. The van der Waals surface area contributed by atoms with Crippen molar-refractivity contribution in [1.82, 2.24) is 0 Å². The Hall–Kier alpha value is -0.670. The fourth-order valence-corrected chi connectivity index (χ4v) is 3.12. The first-order chi connectivity index (χ1) is 7.41. The van der Waals surface area contributed by atoms with Gasteiger partial charge in [-0.25, -0.2) is 0 Å². The summed E-state index contributed by atoms with van der Waals surface area (Å²) in [6.07, 6.45) is 0.791. The van der Waals surface area contributed by atoms with E-state index in [0.717, 1.165) is 11.3 Å². The molecule has 1 rings (SSSR count). The molecule has 0 fully saturated rings. The normalized spacial score (nSPS) is 16.8. The van der Waals surface area contributed by atoms with E-state index in [9.17, 15) is 4.21 Å². The van der Waals surface area contributed by atoms with Gasteiger partial charge in [-0.1, -0.05) is 13.0 Å². The molecule has 16 heavy (non-hydrogen) atoms. The van der Waals surface area contributed by atoms with Crippen LogP contribution in [0.15, 0.2) is 23.1 Å². The second-order valence-corrected chi connectivity index (χ2v) is 6.44. The maximum absolute atomic E-state index is 12.2. The molecule has 2 N–H and O–H groups in total. The Morgan fingerprint density at radius 3 is 2.38 bits per heavy atom. The van der Waals surface area contributed by atoms with Gasteiger partial charge in [0.25, 0.3) is 0 Å². The maximum Gasteiger partial charge on any atom is 0.0558 e. The Balaban J connectivity index is 2.84. The smallest absolute Gasteiger partial charge is 0.0558 e. The molecule has 1 aromatic rings. The first-order valence-electron chi connectivity index (χ1n) is 5.65. The van der Waals surface area contributed by atoms with Crippen LogP contribution in [0.25, 0.3) is 0 Å². The summed E-state index contributed by atoms with van der Waals surface area (Å²) in [6, 6.07) is 6.10. The van der Waals surface area contributed by atoms with Crippen molar-refractivity contribution in [2.45, 2.75) is 50.3 Å². The van der Waals surface area contributed by atoms with Crippen molar-refractivity contribution in [3.8, 4) is 0 Å². The summed E-state index contributed by atoms with van der Waals surface area (Å²) in [5, 5.41) is 0.113. The fraction of sp³-hybridized carbons (Fsp3) is 0.538. The Kier molecular flexibility index (Phi) is 4.69. The Bertz CT molecular complexity index is 388. The van der Waals surface area contributed by atoms with Gasteiger partial charge in [0.2, 0.25) is 0 Å². The highest BCUT2D eigenvalue weighted by Crippen LogP contribution is 2.18. The molecule has 0 radical (unpaired) electrons. The van der Waals surface area contributed by atoms with Gasteiger partial charge in [-0.3, -0.25) is 4.21 Å². The molecular weight excluding hydrogens is 218 g/mol. The van der Waals surface area contributed by atoms with Gasteiger partial charge in [-0.2, -0.15) is 0 Å². The van der Waals surface area contributed by atoms with E-state index in [-0.39, 0.29) is 11.3 Å². The Morgan fingerprint density at radius 2 is 1.88 bits per heavy atom. The van der Waals surface area contributed by atoms with Gasteiger partial charge >= 0.3 is 0 Å². The molecule has 0 saturated heterocycles. The Morgan fingerprint density at radius 1 is 1.25 bits per heavy atom. The van der Waals surface area contributed by atoms with E-state index in [0.29, 0.717) is 0 Å². The summed E-state index contributed by atoms with van der Waals surface area (Å²) in [5.41, 5.74) is 8.16. The minimum atomic E-state index is -0.947. The number of rotatable bonds is 4. The highest BCUT2D eigenvalue weighted by atomic mass is 32.2. The second-order valence-electron chi connectivity index (χ2n) is 4.57. The molecule has 3 heteroatoms. The summed E-state index contributed by atoms with van der Waals surface area (Å²) in [6.45, 7) is 8.06. The SMILES string of the molecule is Cc1ccc(S(=O)C(C)CC(C)N)cc1C. The average molecular weight is 239 g/mol. The molecule has 90 valence electrons. The van der Waals surface area contributed by atoms with Gasteiger partial charge in [-0.15, -0.1) is 0 Å². The standard InChI is InChI=1S/C13H21NOS/c1-9-5-6-13(7-10(9)2)16(15)12(4)8-11(3)14/h5-7,11-12H,8,14H2,1-4H3. The largest absolute Gasteiger partial charge is 0.328 e. The van der Waals surface area contributed by atoms with Crippen LogP contribution in [-0.4, -0.2) is 15.5 Å². The zero-order valence-corrected chi connectivity index (χ0v) is 11.3. The average Bonchev–Trinajstić information content (AvgIpc) is 2.20. The van der Waals surface area contributed by atoms with Crippen molar-refractivity contribution in [1.29, 1.82) is 0 Å². The topological polar surface area (TPSA) is 43.1 Å². The number of benzene rings is 1. The van der Waals surface area contributed by atoms with Gasteiger partial charge in [0, 0.05) is 16.2 Å². The van der Waals surface area contributed by atoms with Crippen LogP contribution in [-0.2, 0) is 10.8 Å². The van der Waals surface area contributed by atoms with Crippen molar-refractivity contribution in [3.05, 3.63) is 29.3 Å². The van der Waals surface area contributed by atoms with Crippen molar-refractivity contribution in [2.75, 3.05) is 0 Å². The number of hydrogen-bond donors (Lipinski definition) is 1. The van der Waals surface area contributed by atoms with Crippen LogP contribution < -0.4 is 5.73 Å². The van der Waals surface area contributed by atoms with E-state index in [1.807, 2.05) is 39.0 Å². The molecule has 0 spiro atoms. The van der Waals surface area contributed by atoms with E-state index in [2.05, 4.69) is 6.92 Å². The van der Waals surface area contributed by atoms with Crippen LogP contribution in [0.5, 0.6) is 0 Å². The van der Waals surface area contributed by atoms with Crippen molar-refractivity contribution in [2.24, 2.45) is 5.73 Å². The van der Waals surface area contributed by atoms with Gasteiger partial charge in [0.1, 0.15) is 0 Å². The molecule has 3 unspecified atom stereocenters. The second kappa shape index (κ2) is 5.60. The Labute approximate surface area is 101 Å². The van der Waals surface area contributed by atoms with Crippen LogP contribution in [0, 0.1) is 13.8 Å². The zero-order chi connectivity index (χ0) is 12.3. The maximum atomic E-state index is 12.2. The van der Waals surface area contributed by atoms with E-state index in [1.54, 1.807) is 0 Å². The van der Waals surface area contributed by atoms with Crippen LogP contribution in [0.4, 0.5) is 0 Å². The zero-order valence-electron chi connectivity index (χ0n) is 10.5. The first-order valence-corrected chi connectivity index (χ1v) is 6.86. The van der Waals surface area contributed by atoms with Gasteiger partial charge < -0.3 is 5.73 Å². The monoisotopic (exact) mass is 239 g/mol. The highest BCUT2D eigenvalue weighted by Gasteiger charge is 2.15. The van der Waals surface area contributed by atoms with Gasteiger partial charge in [0.15, 0.2) is 0 Å². The molecule has 0 amide bonds. The summed E-state index contributed by atoms with van der Waals surface area (Å²) in [4.78, 5) is 0.913. The fourth-order valence-electron chi connectivity index (χ4n) is 1.68. The molecule has 0 aliphatic carbocycles. The van der Waals surface area contributed by atoms with Crippen LogP contribution >= 0.6 is 0 Å². The van der Waals surface area contributed by atoms with E-state index >= 15 is 0 Å². The lowest BCUT2D eigenvalue weighted by molar-refractivity contribution is 0.628. The van der Waals surface area contributed by atoms with Gasteiger partial charge in [-0.05, 0) is 50.5 Å². The van der Waals surface area contributed by atoms with Crippen LogP contribution in [0.3, 0.4) is 0 Å². The predicted octanol–water partition coefficient (Wildman–Crippen LogP) is 2.54. The summed E-state index contributed by atoms with van der Waals surface area (Å²) in [7, 11) is -0.947. The van der Waals surface area contributed by atoms with Crippen LogP contribution in [0.1, 0.15) is 31.4 Å². The summed E-state index contributed by atoms with van der Waals surface area (Å²) < 4.78 is 12.2.